The quantitative estimate of drug-likeness (QED) is 0.702. The second-order valence-electron chi connectivity index (χ2n) is 6.50. The molecule has 6 nitrogen and oxygen atoms in total. The molecule has 10 heteroatoms. The predicted octanol–water partition coefficient (Wildman–Crippen LogP) is 3.91. The van der Waals surface area contributed by atoms with Gasteiger partial charge in [-0.3, -0.25) is 4.79 Å². The van der Waals surface area contributed by atoms with Crippen molar-refractivity contribution in [3.05, 3.63) is 53.1 Å². The van der Waals surface area contributed by atoms with Crippen LogP contribution in [0, 0.1) is 0 Å². The van der Waals surface area contributed by atoms with Crippen LogP contribution in [0.3, 0.4) is 0 Å². The fraction of sp³-hybridized carbons (Fsp3) is 0.316. The van der Waals surface area contributed by atoms with Gasteiger partial charge in [0.1, 0.15) is 10.6 Å². The molecule has 0 unspecified atom stereocenters. The molecular formula is C19H19ClF2N2O4S. The highest BCUT2D eigenvalue weighted by Gasteiger charge is 2.29. The van der Waals surface area contributed by atoms with Crippen LogP contribution in [0.1, 0.15) is 18.4 Å². The van der Waals surface area contributed by atoms with Crippen molar-refractivity contribution >= 4 is 33.2 Å². The predicted molar refractivity (Wildman–Crippen MR) is 105 cm³/mol. The minimum Gasteiger partial charge on any atom is -0.435 e. The number of halogens is 3. The van der Waals surface area contributed by atoms with Gasteiger partial charge < -0.3 is 10.1 Å². The Bertz CT molecular complexity index is 978. The Labute approximate surface area is 172 Å². The highest BCUT2D eigenvalue weighted by molar-refractivity contribution is 7.89. The van der Waals surface area contributed by atoms with Crippen molar-refractivity contribution < 1.29 is 26.7 Å². The van der Waals surface area contributed by atoms with Crippen LogP contribution < -0.4 is 10.1 Å². The summed E-state index contributed by atoms with van der Waals surface area (Å²) in [6.07, 6.45) is 1.58. The summed E-state index contributed by atoms with van der Waals surface area (Å²) in [7, 11) is -3.73. The van der Waals surface area contributed by atoms with Crippen molar-refractivity contribution in [2.75, 3.05) is 18.4 Å². The Morgan fingerprint density at radius 2 is 1.79 bits per heavy atom. The molecule has 2 aromatic carbocycles. The normalized spacial score (nSPS) is 14.9. The van der Waals surface area contributed by atoms with E-state index >= 15 is 0 Å². The summed E-state index contributed by atoms with van der Waals surface area (Å²) >= 11 is 6.09. The van der Waals surface area contributed by atoms with E-state index in [0.29, 0.717) is 24.3 Å². The van der Waals surface area contributed by atoms with Gasteiger partial charge >= 0.3 is 6.61 Å². The number of alkyl halides is 2. The third-order valence-electron chi connectivity index (χ3n) is 4.41. The van der Waals surface area contributed by atoms with E-state index in [0.717, 1.165) is 12.8 Å². The first-order valence-electron chi connectivity index (χ1n) is 8.89. The van der Waals surface area contributed by atoms with Gasteiger partial charge in [0.15, 0.2) is 0 Å². The molecule has 0 aromatic heterocycles. The Hall–Kier alpha value is -2.23. The summed E-state index contributed by atoms with van der Waals surface area (Å²) in [6, 6.07) is 9.98. The van der Waals surface area contributed by atoms with Crippen molar-refractivity contribution in [3.8, 4) is 5.75 Å². The Balaban J connectivity index is 1.69. The Morgan fingerprint density at radius 3 is 2.41 bits per heavy atom. The lowest BCUT2D eigenvalue weighted by Crippen LogP contribution is -2.28. The zero-order chi connectivity index (χ0) is 21.0. The topological polar surface area (TPSA) is 75.7 Å². The van der Waals surface area contributed by atoms with Crippen molar-refractivity contribution in [1.29, 1.82) is 0 Å². The van der Waals surface area contributed by atoms with E-state index in [1.807, 2.05) is 0 Å². The molecule has 2 aromatic rings. The van der Waals surface area contributed by atoms with E-state index in [9.17, 15) is 22.0 Å². The number of anilines is 1. The number of carbonyl (C=O) groups excluding carboxylic acids is 1. The maximum atomic E-state index is 12.8. The summed E-state index contributed by atoms with van der Waals surface area (Å²) in [5.41, 5.74) is 0.887. The molecular weight excluding hydrogens is 426 g/mol. The smallest absolute Gasteiger partial charge is 0.387 e. The Kier molecular flexibility index (Phi) is 6.71. The maximum absolute atomic E-state index is 12.8. The van der Waals surface area contributed by atoms with Gasteiger partial charge in [0, 0.05) is 18.8 Å². The summed E-state index contributed by atoms with van der Waals surface area (Å²) in [6.45, 7) is -2.03. The third-order valence-corrected chi connectivity index (χ3v) is 6.79. The van der Waals surface area contributed by atoms with Crippen molar-refractivity contribution in [2.24, 2.45) is 0 Å². The SMILES string of the molecule is O=C(Cc1ccc(OC(F)F)cc1)Nc1ccc(Cl)c(S(=O)(=O)N2CCCC2)c1. The number of ether oxygens (including phenoxy) is 1. The second kappa shape index (κ2) is 9.06. The van der Waals surface area contributed by atoms with Crippen LogP contribution in [0.2, 0.25) is 5.02 Å². The largest absolute Gasteiger partial charge is 0.435 e. The molecule has 1 N–H and O–H groups in total. The number of hydrogen-bond donors (Lipinski definition) is 1. The maximum Gasteiger partial charge on any atom is 0.387 e. The minimum atomic E-state index is -3.73. The van der Waals surface area contributed by atoms with Gasteiger partial charge in [-0.25, -0.2) is 8.42 Å². The van der Waals surface area contributed by atoms with Gasteiger partial charge in [-0.1, -0.05) is 23.7 Å². The van der Waals surface area contributed by atoms with Crippen molar-refractivity contribution in [2.45, 2.75) is 30.8 Å². The molecule has 0 spiro atoms. The molecule has 1 aliphatic rings. The molecule has 0 radical (unpaired) electrons. The number of nitrogens with one attached hydrogen (secondary N) is 1. The zero-order valence-corrected chi connectivity index (χ0v) is 16.8. The van der Waals surface area contributed by atoms with E-state index in [-0.39, 0.29) is 28.0 Å². The molecule has 1 heterocycles. The van der Waals surface area contributed by atoms with Crippen LogP contribution in [0.15, 0.2) is 47.4 Å². The molecule has 156 valence electrons. The van der Waals surface area contributed by atoms with Gasteiger partial charge in [-0.15, -0.1) is 0 Å². The highest BCUT2D eigenvalue weighted by Crippen LogP contribution is 2.29. The summed E-state index contributed by atoms with van der Waals surface area (Å²) < 4.78 is 55.5. The summed E-state index contributed by atoms with van der Waals surface area (Å²) in [5, 5.41) is 2.72. The average molecular weight is 445 g/mol. The fourth-order valence-corrected chi connectivity index (χ4v) is 5.04. The first kappa shape index (κ1) is 21.5. The van der Waals surface area contributed by atoms with Gasteiger partial charge in [-0.05, 0) is 48.7 Å². The van der Waals surface area contributed by atoms with Gasteiger partial charge in [0.05, 0.1) is 11.4 Å². The number of rotatable bonds is 7. The van der Waals surface area contributed by atoms with Gasteiger partial charge in [-0.2, -0.15) is 13.1 Å². The lowest BCUT2D eigenvalue weighted by molar-refractivity contribution is -0.115. The van der Waals surface area contributed by atoms with Crippen LogP contribution in [0.4, 0.5) is 14.5 Å². The molecule has 29 heavy (non-hydrogen) atoms. The lowest BCUT2D eigenvalue weighted by atomic mass is 10.1. The molecule has 1 aliphatic heterocycles. The lowest BCUT2D eigenvalue weighted by Gasteiger charge is -2.17. The van der Waals surface area contributed by atoms with E-state index in [1.54, 1.807) is 0 Å². The van der Waals surface area contributed by atoms with Crippen molar-refractivity contribution in [1.82, 2.24) is 4.31 Å². The summed E-state index contributed by atoms with van der Waals surface area (Å²) in [4.78, 5) is 12.2. The zero-order valence-electron chi connectivity index (χ0n) is 15.3. The third kappa shape index (κ3) is 5.43. The fourth-order valence-electron chi connectivity index (χ4n) is 3.03. The van der Waals surface area contributed by atoms with Crippen LogP contribution >= 0.6 is 11.6 Å². The van der Waals surface area contributed by atoms with Crippen LogP contribution in [0.5, 0.6) is 5.75 Å². The number of amides is 1. The molecule has 0 saturated carbocycles. The molecule has 0 bridgehead atoms. The van der Waals surface area contributed by atoms with Crippen LogP contribution in [0.25, 0.3) is 0 Å². The number of benzene rings is 2. The standard InChI is InChI=1S/C19H19ClF2N2O4S/c20-16-8-5-14(12-17(16)29(26,27)24-9-1-2-10-24)23-18(25)11-13-3-6-15(7-4-13)28-19(21)22/h3-8,12,19H,1-2,9-11H2,(H,23,25). The average Bonchev–Trinajstić information content (AvgIpc) is 3.20. The van der Waals surface area contributed by atoms with Gasteiger partial charge in [0.2, 0.25) is 15.9 Å². The first-order valence-corrected chi connectivity index (χ1v) is 10.7. The molecule has 1 amide bonds. The number of carbonyl (C=O) groups is 1. The highest BCUT2D eigenvalue weighted by atomic mass is 35.5. The van der Waals surface area contributed by atoms with E-state index in [2.05, 4.69) is 10.1 Å². The molecule has 1 saturated heterocycles. The van der Waals surface area contributed by atoms with E-state index in [1.165, 1.54) is 46.8 Å². The molecule has 1 fully saturated rings. The van der Waals surface area contributed by atoms with Crippen LogP contribution in [-0.4, -0.2) is 38.3 Å². The first-order chi connectivity index (χ1) is 13.8. The second-order valence-corrected chi connectivity index (χ2v) is 8.82. The van der Waals surface area contributed by atoms with E-state index < -0.39 is 16.6 Å². The monoisotopic (exact) mass is 444 g/mol. The van der Waals surface area contributed by atoms with E-state index in [4.69, 9.17) is 11.6 Å². The Morgan fingerprint density at radius 1 is 1.14 bits per heavy atom. The number of sulfonamides is 1. The number of nitrogens with zero attached hydrogens (tertiary/aromatic N) is 1. The summed E-state index contributed by atoms with van der Waals surface area (Å²) in [5.74, 6) is -0.391. The van der Waals surface area contributed by atoms with Gasteiger partial charge in [0.25, 0.3) is 0 Å². The molecule has 0 atom stereocenters. The van der Waals surface area contributed by atoms with Crippen molar-refractivity contribution in [3.63, 3.8) is 0 Å². The number of hydrogen-bond acceptors (Lipinski definition) is 4. The van der Waals surface area contributed by atoms with Crippen LogP contribution in [-0.2, 0) is 21.2 Å². The molecule has 0 aliphatic carbocycles. The molecule has 3 rings (SSSR count). The minimum absolute atomic E-state index is 0.00128.